The standard InChI is InChI=1S/C17H23FN2O/c1-4-14-17(16(21)6-3)15(5-2)20(19-14)11-12-9-7-8-10-13(12)18/h7-10,16,21H,4-6,11H2,1-3H3. The molecular formula is C17H23FN2O. The van der Waals surface area contributed by atoms with Gasteiger partial charge in [-0.1, -0.05) is 39.0 Å². The number of aromatic nitrogens is 2. The zero-order chi connectivity index (χ0) is 15.4. The molecule has 0 aliphatic heterocycles. The van der Waals surface area contributed by atoms with Gasteiger partial charge in [-0.3, -0.25) is 4.68 Å². The van der Waals surface area contributed by atoms with Crippen LogP contribution in [0.4, 0.5) is 4.39 Å². The molecule has 0 spiro atoms. The van der Waals surface area contributed by atoms with Crippen molar-refractivity contribution in [3.05, 3.63) is 52.6 Å². The van der Waals surface area contributed by atoms with Gasteiger partial charge in [0.2, 0.25) is 0 Å². The monoisotopic (exact) mass is 290 g/mol. The minimum atomic E-state index is -0.496. The highest BCUT2D eigenvalue weighted by molar-refractivity contribution is 5.30. The van der Waals surface area contributed by atoms with Crippen molar-refractivity contribution >= 4 is 0 Å². The molecule has 1 aromatic carbocycles. The molecule has 1 heterocycles. The van der Waals surface area contributed by atoms with E-state index in [4.69, 9.17) is 0 Å². The van der Waals surface area contributed by atoms with Crippen molar-refractivity contribution in [2.24, 2.45) is 0 Å². The van der Waals surface area contributed by atoms with Crippen molar-refractivity contribution < 1.29 is 9.50 Å². The van der Waals surface area contributed by atoms with Gasteiger partial charge in [0.05, 0.1) is 18.3 Å². The molecule has 2 rings (SSSR count). The molecule has 4 heteroatoms. The van der Waals surface area contributed by atoms with E-state index in [2.05, 4.69) is 5.10 Å². The second-order valence-electron chi connectivity index (χ2n) is 5.19. The predicted molar refractivity (Wildman–Crippen MR) is 81.7 cm³/mol. The minimum Gasteiger partial charge on any atom is -0.388 e. The van der Waals surface area contributed by atoms with Crippen LogP contribution in [0.15, 0.2) is 24.3 Å². The van der Waals surface area contributed by atoms with Gasteiger partial charge >= 0.3 is 0 Å². The van der Waals surface area contributed by atoms with E-state index in [1.807, 2.05) is 31.5 Å². The normalized spacial score (nSPS) is 12.6. The van der Waals surface area contributed by atoms with Crippen molar-refractivity contribution in [3.63, 3.8) is 0 Å². The molecule has 1 unspecified atom stereocenters. The van der Waals surface area contributed by atoms with Crippen LogP contribution in [0.2, 0.25) is 0 Å². The topological polar surface area (TPSA) is 38.0 Å². The fourth-order valence-electron chi connectivity index (χ4n) is 2.71. The highest BCUT2D eigenvalue weighted by Gasteiger charge is 2.21. The van der Waals surface area contributed by atoms with E-state index in [0.717, 1.165) is 29.8 Å². The number of aliphatic hydroxyl groups excluding tert-OH is 1. The summed E-state index contributed by atoms with van der Waals surface area (Å²) in [6.07, 6.45) is 1.70. The molecule has 1 aromatic heterocycles. The van der Waals surface area contributed by atoms with Gasteiger partial charge in [-0.05, 0) is 25.3 Å². The Morgan fingerprint density at radius 3 is 2.48 bits per heavy atom. The summed E-state index contributed by atoms with van der Waals surface area (Å²) in [5.41, 5.74) is 3.47. The fourth-order valence-corrected chi connectivity index (χ4v) is 2.71. The minimum absolute atomic E-state index is 0.217. The first-order valence-electron chi connectivity index (χ1n) is 7.62. The van der Waals surface area contributed by atoms with E-state index in [-0.39, 0.29) is 5.82 Å². The molecule has 21 heavy (non-hydrogen) atoms. The van der Waals surface area contributed by atoms with Gasteiger partial charge in [-0.2, -0.15) is 5.10 Å². The van der Waals surface area contributed by atoms with E-state index >= 15 is 0 Å². The van der Waals surface area contributed by atoms with Crippen LogP contribution >= 0.6 is 0 Å². The van der Waals surface area contributed by atoms with Crippen LogP contribution in [-0.4, -0.2) is 14.9 Å². The summed E-state index contributed by atoms with van der Waals surface area (Å²) in [5, 5.41) is 14.9. The number of halogens is 1. The number of rotatable bonds is 6. The van der Waals surface area contributed by atoms with Crippen molar-refractivity contribution in [2.45, 2.75) is 52.7 Å². The molecular weight excluding hydrogens is 267 g/mol. The molecule has 0 aliphatic carbocycles. The van der Waals surface area contributed by atoms with Crippen molar-refractivity contribution in [1.82, 2.24) is 9.78 Å². The SMILES string of the molecule is CCc1nn(Cc2ccccc2F)c(CC)c1C(O)CC. The van der Waals surface area contributed by atoms with E-state index in [0.29, 0.717) is 18.5 Å². The highest BCUT2D eigenvalue weighted by atomic mass is 19.1. The van der Waals surface area contributed by atoms with Crippen molar-refractivity contribution in [2.75, 3.05) is 0 Å². The summed E-state index contributed by atoms with van der Waals surface area (Å²) >= 11 is 0. The summed E-state index contributed by atoms with van der Waals surface area (Å²) < 4.78 is 15.7. The molecule has 0 fully saturated rings. The van der Waals surface area contributed by atoms with E-state index in [9.17, 15) is 9.50 Å². The molecule has 1 N–H and O–H groups in total. The number of nitrogens with zero attached hydrogens (tertiary/aromatic N) is 2. The van der Waals surface area contributed by atoms with Crippen LogP contribution in [0.25, 0.3) is 0 Å². The predicted octanol–water partition coefficient (Wildman–Crippen LogP) is 3.64. The van der Waals surface area contributed by atoms with Crippen LogP contribution in [-0.2, 0) is 19.4 Å². The molecule has 3 nitrogen and oxygen atoms in total. The molecule has 0 saturated carbocycles. The van der Waals surface area contributed by atoms with Gasteiger partial charge in [-0.25, -0.2) is 4.39 Å². The van der Waals surface area contributed by atoms with E-state index in [1.54, 1.807) is 12.1 Å². The molecule has 0 saturated heterocycles. The fraction of sp³-hybridized carbons (Fsp3) is 0.471. The average Bonchev–Trinajstić information content (AvgIpc) is 2.86. The first-order valence-corrected chi connectivity index (χ1v) is 7.62. The maximum Gasteiger partial charge on any atom is 0.128 e. The largest absolute Gasteiger partial charge is 0.388 e. The van der Waals surface area contributed by atoms with E-state index in [1.165, 1.54) is 6.07 Å². The van der Waals surface area contributed by atoms with Crippen LogP contribution in [0, 0.1) is 5.82 Å². The van der Waals surface area contributed by atoms with Crippen LogP contribution in [0.3, 0.4) is 0 Å². The van der Waals surface area contributed by atoms with Crippen LogP contribution in [0.1, 0.15) is 55.8 Å². The van der Waals surface area contributed by atoms with Crippen LogP contribution in [0.5, 0.6) is 0 Å². The molecule has 2 aromatic rings. The Balaban J connectivity index is 2.44. The third-order valence-electron chi connectivity index (χ3n) is 3.84. The second kappa shape index (κ2) is 6.85. The number of benzene rings is 1. The maximum absolute atomic E-state index is 13.8. The summed E-state index contributed by atoms with van der Waals surface area (Å²) in [7, 11) is 0. The Hall–Kier alpha value is -1.68. The van der Waals surface area contributed by atoms with Gasteiger partial charge in [-0.15, -0.1) is 0 Å². The lowest BCUT2D eigenvalue weighted by molar-refractivity contribution is 0.171. The van der Waals surface area contributed by atoms with Crippen molar-refractivity contribution in [1.29, 1.82) is 0 Å². The summed E-state index contributed by atoms with van der Waals surface area (Å²) in [6.45, 7) is 6.43. The average molecular weight is 290 g/mol. The number of hydrogen-bond donors (Lipinski definition) is 1. The first kappa shape index (κ1) is 15.7. The lowest BCUT2D eigenvalue weighted by Crippen LogP contribution is -2.09. The quantitative estimate of drug-likeness (QED) is 0.882. The lowest BCUT2D eigenvalue weighted by Gasteiger charge is -2.12. The Morgan fingerprint density at radius 2 is 1.90 bits per heavy atom. The number of hydrogen-bond acceptors (Lipinski definition) is 2. The highest BCUT2D eigenvalue weighted by Crippen LogP contribution is 2.26. The Morgan fingerprint density at radius 1 is 1.19 bits per heavy atom. The van der Waals surface area contributed by atoms with Gasteiger partial charge in [0.1, 0.15) is 5.82 Å². The molecule has 114 valence electrons. The summed E-state index contributed by atoms with van der Waals surface area (Å²) in [5.74, 6) is -0.217. The zero-order valence-corrected chi connectivity index (χ0v) is 12.9. The Bertz CT molecular complexity index is 607. The Labute approximate surface area is 125 Å². The van der Waals surface area contributed by atoms with Gasteiger partial charge in [0, 0.05) is 16.8 Å². The van der Waals surface area contributed by atoms with Gasteiger partial charge in [0.15, 0.2) is 0 Å². The third kappa shape index (κ3) is 3.16. The summed E-state index contributed by atoms with van der Waals surface area (Å²) in [6, 6.07) is 6.76. The molecule has 0 amide bonds. The molecule has 1 atom stereocenters. The molecule has 0 aliphatic rings. The lowest BCUT2D eigenvalue weighted by atomic mass is 10.0. The van der Waals surface area contributed by atoms with E-state index < -0.39 is 6.10 Å². The van der Waals surface area contributed by atoms with Gasteiger partial charge in [0.25, 0.3) is 0 Å². The number of aryl methyl sites for hydroxylation is 1. The number of aliphatic hydroxyl groups is 1. The molecule has 0 radical (unpaired) electrons. The summed E-state index contributed by atoms with van der Waals surface area (Å²) in [4.78, 5) is 0. The molecule has 0 bridgehead atoms. The zero-order valence-electron chi connectivity index (χ0n) is 12.9. The maximum atomic E-state index is 13.8. The van der Waals surface area contributed by atoms with Crippen LogP contribution < -0.4 is 0 Å². The third-order valence-corrected chi connectivity index (χ3v) is 3.84. The van der Waals surface area contributed by atoms with Crippen molar-refractivity contribution in [3.8, 4) is 0 Å². The Kier molecular flexibility index (Phi) is 5.12. The van der Waals surface area contributed by atoms with Gasteiger partial charge < -0.3 is 5.11 Å². The first-order chi connectivity index (χ1) is 10.1. The smallest absolute Gasteiger partial charge is 0.128 e. The second-order valence-corrected chi connectivity index (χ2v) is 5.19.